The molecule has 0 unspecified atom stereocenters. The predicted octanol–water partition coefficient (Wildman–Crippen LogP) is 2.83. The minimum absolute atomic E-state index is 0.274. The fourth-order valence-corrected chi connectivity index (χ4v) is 4.67. The molecule has 1 N–H and O–H groups in total. The van der Waals surface area contributed by atoms with Crippen LogP contribution in [0.15, 0.2) is 48.5 Å². The van der Waals surface area contributed by atoms with Crippen LogP contribution in [0, 0.1) is 17.7 Å². The molecule has 5 rings (SSSR count). The van der Waals surface area contributed by atoms with Gasteiger partial charge in [0.05, 0.1) is 17.9 Å². The van der Waals surface area contributed by atoms with Crippen LogP contribution in [-0.4, -0.2) is 29.7 Å². The number of anilines is 1. The molecule has 3 aliphatic heterocycles. The van der Waals surface area contributed by atoms with Crippen molar-refractivity contribution < 1.29 is 18.8 Å². The van der Waals surface area contributed by atoms with Crippen molar-refractivity contribution in [3.8, 4) is 0 Å². The van der Waals surface area contributed by atoms with Crippen LogP contribution in [0.25, 0.3) is 6.08 Å². The first-order valence-electron chi connectivity index (χ1n) is 8.86. The fraction of sp³-hybridized carbons (Fsp3) is 0.190. The van der Waals surface area contributed by atoms with Crippen LogP contribution in [0.3, 0.4) is 0 Å². The van der Waals surface area contributed by atoms with Crippen molar-refractivity contribution >= 4 is 41.0 Å². The Morgan fingerprint density at radius 1 is 1.04 bits per heavy atom. The Morgan fingerprint density at radius 2 is 1.75 bits per heavy atom. The summed E-state index contributed by atoms with van der Waals surface area (Å²) in [6, 6.07) is 9.40. The van der Waals surface area contributed by atoms with Crippen LogP contribution >= 0.6 is 11.6 Å². The second-order valence-corrected chi connectivity index (χ2v) is 7.62. The van der Waals surface area contributed by atoms with E-state index in [1.807, 2.05) is 0 Å². The normalized spacial score (nSPS) is 27.3. The van der Waals surface area contributed by atoms with E-state index in [0.717, 1.165) is 0 Å². The van der Waals surface area contributed by atoms with Gasteiger partial charge in [-0.1, -0.05) is 23.8 Å². The van der Waals surface area contributed by atoms with Crippen molar-refractivity contribution in [1.29, 1.82) is 0 Å². The SMILES string of the molecule is O=C1NC(=O)[C@H]2[C@@H]1[C@@H](C(=O)c1ccc(Cl)cc1)N1c3ccc(F)cc3C=C[C@H]21. The monoisotopic (exact) mass is 396 g/mol. The zero-order valence-corrected chi connectivity index (χ0v) is 15.2. The number of Topliss-reactive ketones (excluding diaryl/α,β-unsaturated/α-hetero) is 1. The zero-order valence-electron chi connectivity index (χ0n) is 14.4. The maximum atomic E-state index is 13.7. The van der Waals surface area contributed by atoms with E-state index in [1.54, 1.807) is 47.4 Å². The van der Waals surface area contributed by atoms with E-state index >= 15 is 0 Å². The topological polar surface area (TPSA) is 66.5 Å². The van der Waals surface area contributed by atoms with E-state index in [4.69, 9.17) is 11.6 Å². The van der Waals surface area contributed by atoms with Crippen molar-refractivity contribution in [1.82, 2.24) is 5.32 Å². The lowest BCUT2D eigenvalue weighted by Gasteiger charge is -2.35. The molecule has 2 aromatic rings. The van der Waals surface area contributed by atoms with Gasteiger partial charge in [-0.2, -0.15) is 0 Å². The summed E-state index contributed by atoms with van der Waals surface area (Å²) in [6.07, 6.45) is 3.51. The molecular weight excluding hydrogens is 383 g/mol. The number of halogens is 2. The summed E-state index contributed by atoms with van der Waals surface area (Å²) in [5, 5.41) is 2.85. The Balaban J connectivity index is 1.66. The molecule has 0 radical (unpaired) electrons. The lowest BCUT2D eigenvalue weighted by atomic mass is 9.86. The molecule has 4 atom stereocenters. The average molecular weight is 397 g/mol. The van der Waals surface area contributed by atoms with E-state index in [9.17, 15) is 18.8 Å². The third-order valence-electron chi connectivity index (χ3n) is 5.71. The Bertz CT molecular complexity index is 1070. The second kappa shape index (κ2) is 6.01. The van der Waals surface area contributed by atoms with Crippen molar-refractivity contribution in [2.45, 2.75) is 12.1 Å². The van der Waals surface area contributed by atoms with Crippen LogP contribution in [0.5, 0.6) is 0 Å². The summed E-state index contributed by atoms with van der Waals surface area (Å²) in [6.45, 7) is 0. The van der Waals surface area contributed by atoms with Crippen LogP contribution < -0.4 is 10.2 Å². The molecule has 0 saturated carbocycles. The van der Waals surface area contributed by atoms with Gasteiger partial charge in [-0.15, -0.1) is 0 Å². The van der Waals surface area contributed by atoms with Crippen molar-refractivity contribution in [3.63, 3.8) is 0 Å². The molecule has 3 aliphatic rings. The van der Waals surface area contributed by atoms with E-state index in [2.05, 4.69) is 5.32 Å². The lowest BCUT2D eigenvalue weighted by molar-refractivity contribution is -0.126. The molecule has 28 heavy (non-hydrogen) atoms. The van der Waals surface area contributed by atoms with Crippen LogP contribution in [0.4, 0.5) is 10.1 Å². The van der Waals surface area contributed by atoms with Gasteiger partial charge >= 0.3 is 0 Å². The molecule has 2 saturated heterocycles. The summed E-state index contributed by atoms with van der Waals surface area (Å²) in [7, 11) is 0. The van der Waals surface area contributed by atoms with Crippen LogP contribution in [0.1, 0.15) is 15.9 Å². The highest BCUT2D eigenvalue weighted by molar-refractivity contribution is 6.30. The number of nitrogens with one attached hydrogen (secondary N) is 1. The molecule has 2 fully saturated rings. The Kier molecular flexibility index (Phi) is 3.67. The van der Waals surface area contributed by atoms with E-state index in [0.29, 0.717) is 21.8 Å². The van der Waals surface area contributed by atoms with Crippen molar-refractivity contribution in [3.05, 3.63) is 70.5 Å². The molecule has 0 aromatic heterocycles. The fourth-order valence-electron chi connectivity index (χ4n) is 4.55. The summed E-state index contributed by atoms with van der Waals surface area (Å²) < 4.78 is 13.7. The first kappa shape index (κ1) is 17.1. The number of ketones is 1. The van der Waals surface area contributed by atoms with Gasteiger partial charge in [0.15, 0.2) is 5.78 Å². The van der Waals surface area contributed by atoms with Gasteiger partial charge in [0.1, 0.15) is 11.9 Å². The van der Waals surface area contributed by atoms with Crippen LogP contribution in [0.2, 0.25) is 5.02 Å². The second-order valence-electron chi connectivity index (χ2n) is 7.18. The molecule has 2 amide bonds. The number of benzene rings is 2. The molecular formula is C21H14ClFN2O3. The maximum Gasteiger partial charge on any atom is 0.233 e. The van der Waals surface area contributed by atoms with Gasteiger partial charge in [0, 0.05) is 21.8 Å². The number of carbonyl (C=O) groups excluding carboxylic acids is 3. The number of rotatable bonds is 2. The number of amides is 2. The standard InChI is InChI=1S/C21H14ClFN2O3/c22-12-4-1-10(2-5-12)19(26)18-17-16(20(27)24-21(17)28)15-7-3-11-9-13(23)6-8-14(11)25(15)18/h1-9,15-18H,(H,24,27,28)/t15-,16-,17-,18+/m1/s1. The molecule has 0 aliphatic carbocycles. The molecule has 0 spiro atoms. The highest BCUT2D eigenvalue weighted by Gasteiger charge is 2.61. The third-order valence-corrected chi connectivity index (χ3v) is 5.96. The Hall–Kier alpha value is -2.99. The number of fused-ring (bicyclic) bond motifs is 5. The van der Waals surface area contributed by atoms with Crippen molar-refractivity contribution in [2.75, 3.05) is 4.90 Å². The molecule has 0 bridgehead atoms. The first-order chi connectivity index (χ1) is 13.5. The minimum atomic E-state index is -0.864. The van der Waals surface area contributed by atoms with Gasteiger partial charge in [-0.3, -0.25) is 19.7 Å². The van der Waals surface area contributed by atoms with Crippen molar-refractivity contribution in [2.24, 2.45) is 11.8 Å². The third kappa shape index (κ3) is 2.34. The average Bonchev–Trinajstić information content (AvgIpc) is 3.17. The van der Waals surface area contributed by atoms with Gasteiger partial charge in [-0.25, -0.2) is 4.39 Å². The number of imide groups is 1. The minimum Gasteiger partial charge on any atom is -0.352 e. The zero-order chi connectivity index (χ0) is 19.6. The molecule has 140 valence electrons. The number of hydrogen-bond acceptors (Lipinski definition) is 4. The summed E-state index contributed by atoms with van der Waals surface area (Å²) >= 11 is 5.92. The van der Waals surface area contributed by atoms with Gasteiger partial charge < -0.3 is 4.90 Å². The predicted molar refractivity (Wildman–Crippen MR) is 101 cm³/mol. The van der Waals surface area contributed by atoms with E-state index in [1.165, 1.54) is 12.1 Å². The lowest BCUT2D eigenvalue weighted by Crippen LogP contribution is -2.47. The summed E-state index contributed by atoms with van der Waals surface area (Å²) in [5.74, 6) is -2.97. The van der Waals surface area contributed by atoms with Gasteiger partial charge in [0.2, 0.25) is 11.8 Å². The Labute approximate surface area is 164 Å². The molecule has 3 heterocycles. The quantitative estimate of drug-likeness (QED) is 0.626. The maximum absolute atomic E-state index is 13.7. The molecule has 2 aromatic carbocycles. The number of hydrogen-bond donors (Lipinski definition) is 1. The first-order valence-corrected chi connectivity index (χ1v) is 9.24. The smallest absolute Gasteiger partial charge is 0.233 e. The van der Waals surface area contributed by atoms with Gasteiger partial charge in [-0.05, 0) is 42.5 Å². The summed E-state index contributed by atoms with van der Waals surface area (Å²) in [5.41, 5.74) is 1.65. The number of nitrogens with zero attached hydrogens (tertiary/aromatic N) is 1. The van der Waals surface area contributed by atoms with E-state index < -0.39 is 35.6 Å². The highest BCUT2D eigenvalue weighted by Crippen LogP contribution is 2.47. The largest absolute Gasteiger partial charge is 0.352 e. The number of carbonyl (C=O) groups is 3. The summed E-state index contributed by atoms with van der Waals surface area (Å²) in [4.78, 5) is 40.2. The Morgan fingerprint density at radius 3 is 2.50 bits per heavy atom. The molecule has 7 heteroatoms. The van der Waals surface area contributed by atoms with Gasteiger partial charge in [0.25, 0.3) is 0 Å². The molecule has 5 nitrogen and oxygen atoms in total. The highest BCUT2D eigenvalue weighted by atomic mass is 35.5. The van der Waals surface area contributed by atoms with E-state index in [-0.39, 0.29) is 11.7 Å². The van der Waals surface area contributed by atoms with Crippen LogP contribution in [-0.2, 0) is 9.59 Å².